The number of carbonyl (C=O) groups is 1. The van der Waals surface area contributed by atoms with Gasteiger partial charge in [0.1, 0.15) is 0 Å². The molecule has 1 N–H and O–H groups in total. The Balaban J connectivity index is 1.90. The Morgan fingerprint density at radius 2 is 2.24 bits per heavy atom. The van der Waals surface area contributed by atoms with Gasteiger partial charge in [-0.25, -0.2) is 0 Å². The van der Waals surface area contributed by atoms with Gasteiger partial charge in [0.15, 0.2) is 0 Å². The van der Waals surface area contributed by atoms with Gasteiger partial charge in [-0.3, -0.25) is 9.48 Å². The predicted octanol–water partition coefficient (Wildman–Crippen LogP) is 0.417. The first-order chi connectivity index (χ1) is 8.15. The van der Waals surface area contributed by atoms with Gasteiger partial charge < -0.3 is 10.0 Å². The maximum Gasteiger partial charge on any atom is 0.246 e. The van der Waals surface area contributed by atoms with Gasteiger partial charge in [-0.1, -0.05) is 0 Å². The van der Waals surface area contributed by atoms with E-state index in [-0.39, 0.29) is 12.0 Å². The summed E-state index contributed by atoms with van der Waals surface area (Å²) in [6.07, 6.45) is 7.99. The molecule has 5 heteroatoms. The third-order valence-corrected chi connectivity index (χ3v) is 2.92. The molecule has 0 radical (unpaired) electrons. The van der Waals surface area contributed by atoms with Crippen molar-refractivity contribution >= 4 is 12.0 Å². The van der Waals surface area contributed by atoms with Crippen LogP contribution in [0.1, 0.15) is 18.4 Å². The first-order valence-corrected chi connectivity index (χ1v) is 5.79. The molecular formula is C12H17N3O2. The van der Waals surface area contributed by atoms with Gasteiger partial charge in [-0.05, 0) is 18.9 Å². The van der Waals surface area contributed by atoms with Crippen LogP contribution in [0.3, 0.4) is 0 Å². The average molecular weight is 235 g/mol. The minimum Gasteiger partial charge on any atom is -0.393 e. The van der Waals surface area contributed by atoms with Crippen molar-refractivity contribution < 1.29 is 9.90 Å². The number of rotatable bonds is 2. The second-order valence-electron chi connectivity index (χ2n) is 4.34. The summed E-state index contributed by atoms with van der Waals surface area (Å²) in [5.41, 5.74) is 0.915. The van der Waals surface area contributed by atoms with Crippen molar-refractivity contribution in [3.05, 3.63) is 24.0 Å². The molecule has 92 valence electrons. The maximum atomic E-state index is 11.8. The van der Waals surface area contributed by atoms with Crippen LogP contribution in [-0.4, -0.2) is 44.9 Å². The number of aliphatic hydroxyl groups is 1. The molecular weight excluding hydrogens is 218 g/mol. The Labute approximate surface area is 100 Å². The summed E-state index contributed by atoms with van der Waals surface area (Å²) >= 11 is 0. The fourth-order valence-corrected chi connectivity index (χ4v) is 1.89. The van der Waals surface area contributed by atoms with Crippen LogP contribution in [0.2, 0.25) is 0 Å². The molecule has 1 fully saturated rings. The Morgan fingerprint density at radius 1 is 1.53 bits per heavy atom. The van der Waals surface area contributed by atoms with E-state index in [4.69, 9.17) is 0 Å². The number of aliphatic hydroxyl groups excluding tert-OH is 1. The van der Waals surface area contributed by atoms with Crippen LogP contribution in [0.15, 0.2) is 18.5 Å². The molecule has 0 bridgehead atoms. The van der Waals surface area contributed by atoms with Crippen molar-refractivity contribution in [2.45, 2.75) is 18.9 Å². The summed E-state index contributed by atoms with van der Waals surface area (Å²) in [6.45, 7) is 1.27. The van der Waals surface area contributed by atoms with E-state index in [1.54, 1.807) is 27.9 Å². The summed E-state index contributed by atoms with van der Waals surface area (Å²) in [7, 11) is 1.84. The lowest BCUT2D eigenvalue weighted by atomic mass is 10.1. The van der Waals surface area contributed by atoms with Gasteiger partial charge in [0.25, 0.3) is 0 Å². The fraction of sp³-hybridized carbons (Fsp3) is 0.500. The van der Waals surface area contributed by atoms with Gasteiger partial charge >= 0.3 is 0 Å². The summed E-state index contributed by atoms with van der Waals surface area (Å²) in [6, 6.07) is 0. The van der Waals surface area contributed by atoms with E-state index in [2.05, 4.69) is 5.10 Å². The van der Waals surface area contributed by atoms with E-state index in [0.717, 1.165) is 5.56 Å². The molecule has 1 amide bonds. The number of likely N-dealkylation sites (tertiary alicyclic amines) is 1. The zero-order valence-corrected chi connectivity index (χ0v) is 9.91. The highest BCUT2D eigenvalue weighted by Gasteiger charge is 2.19. The Bertz CT molecular complexity index is 417. The predicted molar refractivity (Wildman–Crippen MR) is 64.1 cm³/mol. The maximum absolute atomic E-state index is 11.8. The van der Waals surface area contributed by atoms with E-state index in [1.807, 2.05) is 13.2 Å². The number of hydrogen-bond acceptors (Lipinski definition) is 3. The van der Waals surface area contributed by atoms with E-state index in [0.29, 0.717) is 25.9 Å². The number of aryl methyl sites for hydroxylation is 1. The molecule has 0 atom stereocenters. The molecule has 0 aliphatic carbocycles. The van der Waals surface area contributed by atoms with Crippen LogP contribution >= 0.6 is 0 Å². The third kappa shape index (κ3) is 3.17. The summed E-state index contributed by atoms with van der Waals surface area (Å²) in [5.74, 6) is 0.000697. The summed E-state index contributed by atoms with van der Waals surface area (Å²) in [4.78, 5) is 13.6. The molecule has 1 aromatic heterocycles. The standard InChI is InChI=1S/C12H17N3O2/c1-14-9-10(8-13-14)2-3-12(17)15-6-4-11(16)5-7-15/h2-3,8-9,11,16H,4-7H2,1H3/b3-2+. The van der Waals surface area contributed by atoms with Gasteiger partial charge in [-0.2, -0.15) is 5.10 Å². The lowest BCUT2D eigenvalue weighted by molar-refractivity contribution is -0.127. The SMILES string of the molecule is Cn1cc(/C=C/C(=O)N2CCC(O)CC2)cn1. The molecule has 1 aliphatic rings. The highest BCUT2D eigenvalue weighted by Crippen LogP contribution is 2.10. The first kappa shape index (κ1) is 11.9. The topological polar surface area (TPSA) is 58.4 Å². The summed E-state index contributed by atoms with van der Waals surface area (Å²) < 4.78 is 1.70. The number of hydrogen-bond donors (Lipinski definition) is 1. The molecule has 0 aromatic carbocycles. The molecule has 1 aromatic rings. The number of piperidine rings is 1. The largest absolute Gasteiger partial charge is 0.393 e. The Hall–Kier alpha value is -1.62. The van der Waals surface area contributed by atoms with E-state index in [9.17, 15) is 9.90 Å². The first-order valence-electron chi connectivity index (χ1n) is 5.79. The van der Waals surface area contributed by atoms with Crippen LogP contribution in [0.25, 0.3) is 6.08 Å². The van der Waals surface area contributed by atoms with Gasteiger partial charge in [-0.15, -0.1) is 0 Å². The molecule has 0 saturated carbocycles. The molecule has 1 aliphatic heterocycles. The van der Waals surface area contributed by atoms with Gasteiger partial charge in [0.2, 0.25) is 5.91 Å². The van der Waals surface area contributed by atoms with Gasteiger partial charge in [0, 0.05) is 38.0 Å². The quantitative estimate of drug-likeness (QED) is 0.756. The van der Waals surface area contributed by atoms with Crippen LogP contribution in [-0.2, 0) is 11.8 Å². The molecule has 17 heavy (non-hydrogen) atoms. The van der Waals surface area contributed by atoms with Crippen molar-refractivity contribution in [2.24, 2.45) is 7.05 Å². The van der Waals surface area contributed by atoms with Crippen molar-refractivity contribution in [3.63, 3.8) is 0 Å². The molecule has 5 nitrogen and oxygen atoms in total. The fourth-order valence-electron chi connectivity index (χ4n) is 1.89. The lowest BCUT2D eigenvalue weighted by Gasteiger charge is -2.28. The van der Waals surface area contributed by atoms with Crippen molar-refractivity contribution in [1.29, 1.82) is 0 Å². The zero-order chi connectivity index (χ0) is 12.3. The number of carbonyl (C=O) groups excluding carboxylic acids is 1. The Kier molecular flexibility index (Phi) is 3.58. The minimum atomic E-state index is -0.249. The monoisotopic (exact) mass is 235 g/mol. The van der Waals surface area contributed by atoms with Crippen molar-refractivity contribution in [1.82, 2.24) is 14.7 Å². The van der Waals surface area contributed by atoms with Crippen molar-refractivity contribution in [2.75, 3.05) is 13.1 Å². The van der Waals surface area contributed by atoms with Crippen LogP contribution in [0.5, 0.6) is 0 Å². The molecule has 0 unspecified atom stereocenters. The molecule has 1 saturated heterocycles. The Morgan fingerprint density at radius 3 is 2.82 bits per heavy atom. The number of amides is 1. The number of aromatic nitrogens is 2. The average Bonchev–Trinajstić information content (AvgIpc) is 2.73. The molecule has 0 spiro atoms. The molecule has 2 heterocycles. The lowest BCUT2D eigenvalue weighted by Crippen LogP contribution is -2.39. The zero-order valence-electron chi connectivity index (χ0n) is 9.91. The third-order valence-electron chi connectivity index (χ3n) is 2.92. The van der Waals surface area contributed by atoms with Gasteiger partial charge in [0.05, 0.1) is 12.3 Å². The van der Waals surface area contributed by atoms with E-state index < -0.39 is 0 Å². The van der Waals surface area contributed by atoms with Crippen LogP contribution < -0.4 is 0 Å². The highest BCUT2D eigenvalue weighted by atomic mass is 16.3. The smallest absolute Gasteiger partial charge is 0.246 e. The minimum absolute atomic E-state index is 0.000697. The normalized spacial score (nSPS) is 17.9. The summed E-state index contributed by atoms with van der Waals surface area (Å²) in [5, 5.41) is 13.4. The van der Waals surface area contributed by atoms with Crippen LogP contribution in [0, 0.1) is 0 Å². The number of nitrogens with zero attached hydrogens (tertiary/aromatic N) is 3. The second-order valence-corrected chi connectivity index (χ2v) is 4.34. The molecule has 2 rings (SSSR count). The van der Waals surface area contributed by atoms with E-state index >= 15 is 0 Å². The second kappa shape index (κ2) is 5.14. The van der Waals surface area contributed by atoms with E-state index in [1.165, 1.54) is 0 Å². The van der Waals surface area contributed by atoms with Crippen molar-refractivity contribution in [3.8, 4) is 0 Å². The van der Waals surface area contributed by atoms with Crippen LogP contribution in [0.4, 0.5) is 0 Å². The highest BCUT2D eigenvalue weighted by molar-refractivity contribution is 5.91.